The van der Waals surface area contributed by atoms with Crippen molar-refractivity contribution in [2.75, 3.05) is 4.90 Å². The van der Waals surface area contributed by atoms with Gasteiger partial charge in [0.1, 0.15) is 0 Å². The average Bonchev–Trinajstić information content (AvgIpc) is 3.88. The summed E-state index contributed by atoms with van der Waals surface area (Å²) < 4.78 is 0. The molecule has 1 nitrogen and oxygen atoms in total. The minimum absolute atomic E-state index is 0.543. The average molecular weight is 852 g/mol. The summed E-state index contributed by atoms with van der Waals surface area (Å²) in [5.74, 6) is 0. The molecule has 0 saturated heterocycles. The van der Waals surface area contributed by atoms with E-state index in [1.54, 1.807) is 0 Å². The zero-order chi connectivity index (χ0) is 44.4. The Morgan fingerprint density at radius 2 is 0.716 bits per heavy atom. The Balaban J connectivity index is 1.11. The van der Waals surface area contributed by atoms with Gasteiger partial charge in [-0.25, -0.2) is 0 Å². The van der Waals surface area contributed by atoms with Gasteiger partial charge in [-0.15, -0.1) is 0 Å². The summed E-state index contributed by atoms with van der Waals surface area (Å²) in [6.45, 7) is 0. The highest BCUT2D eigenvalue weighted by Crippen LogP contribution is 2.61. The number of anilines is 3. The summed E-state index contributed by atoms with van der Waals surface area (Å²) in [7, 11) is 0. The van der Waals surface area contributed by atoms with Crippen molar-refractivity contribution in [3.05, 3.63) is 317 Å². The molecule has 0 saturated carbocycles. The van der Waals surface area contributed by atoms with Gasteiger partial charge in [0.15, 0.2) is 0 Å². The lowest BCUT2D eigenvalue weighted by Gasteiger charge is -2.35. The van der Waals surface area contributed by atoms with Gasteiger partial charge in [-0.2, -0.15) is 0 Å². The Morgan fingerprint density at radius 3 is 1.36 bits per heavy atom. The summed E-state index contributed by atoms with van der Waals surface area (Å²) in [5.41, 5.74) is 19.7. The van der Waals surface area contributed by atoms with Gasteiger partial charge < -0.3 is 4.90 Å². The molecule has 0 heterocycles. The molecule has 0 spiro atoms. The number of hydrogen-bond donors (Lipinski definition) is 0. The standard InChI is InChI=1S/C66H45N/c1-5-24-50(25-6-1)65(51-26-7-2-8-27-51)60-36-18-16-34-58(60)64-61(65)37-20-38-63(64)67(54-32-19-23-48(44-54)49-40-39-46-21-13-14-22-47(46)43-49)55-41-42-57-56-33-15-17-35-59(56)66(62(57)45-55,52-28-9-3-10-29-52)53-30-11-4-12-31-53/h1-45H. The molecule has 0 radical (unpaired) electrons. The molecule has 0 aliphatic heterocycles. The fourth-order valence-electron chi connectivity index (χ4n) is 11.9. The molecule has 2 aliphatic carbocycles. The van der Waals surface area contributed by atoms with Crippen molar-refractivity contribution in [1.82, 2.24) is 0 Å². The van der Waals surface area contributed by atoms with Gasteiger partial charge in [0.05, 0.1) is 16.5 Å². The van der Waals surface area contributed by atoms with Gasteiger partial charge in [-0.3, -0.25) is 0 Å². The molecule has 0 bridgehead atoms. The van der Waals surface area contributed by atoms with E-state index in [4.69, 9.17) is 0 Å². The second-order valence-electron chi connectivity index (χ2n) is 17.9. The van der Waals surface area contributed by atoms with Crippen LogP contribution in [0.2, 0.25) is 0 Å². The molecule has 0 amide bonds. The van der Waals surface area contributed by atoms with Gasteiger partial charge in [0.2, 0.25) is 0 Å². The largest absolute Gasteiger partial charge is 0.310 e. The van der Waals surface area contributed by atoms with Crippen molar-refractivity contribution in [3.63, 3.8) is 0 Å². The van der Waals surface area contributed by atoms with Crippen LogP contribution in [0.4, 0.5) is 17.1 Å². The lowest BCUT2D eigenvalue weighted by Crippen LogP contribution is -2.29. The van der Waals surface area contributed by atoms with E-state index in [0.29, 0.717) is 0 Å². The van der Waals surface area contributed by atoms with Gasteiger partial charge in [0.25, 0.3) is 0 Å². The molecule has 314 valence electrons. The number of benzene rings is 11. The van der Waals surface area contributed by atoms with Crippen molar-refractivity contribution >= 4 is 27.8 Å². The van der Waals surface area contributed by atoms with Crippen LogP contribution in [-0.2, 0) is 10.8 Å². The summed E-state index contributed by atoms with van der Waals surface area (Å²) in [6, 6.07) is 101. The number of rotatable bonds is 8. The third kappa shape index (κ3) is 5.81. The van der Waals surface area contributed by atoms with E-state index in [1.807, 2.05) is 0 Å². The summed E-state index contributed by atoms with van der Waals surface area (Å²) >= 11 is 0. The quantitative estimate of drug-likeness (QED) is 0.147. The second kappa shape index (κ2) is 15.6. The van der Waals surface area contributed by atoms with Crippen molar-refractivity contribution in [1.29, 1.82) is 0 Å². The monoisotopic (exact) mass is 851 g/mol. The summed E-state index contributed by atoms with van der Waals surface area (Å²) in [5, 5.41) is 2.47. The Hall–Kier alpha value is -8.52. The maximum absolute atomic E-state index is 2.54. The predicted molar refractivity (Wildman–Crippen MR) is 279 cm³/mol. The first-order valence-electron chi connectivity index (χ1n) is 23.3. The molecule has 0 unspecified atom stereocenters. The van der Waals surface area contributed by atoms with E-state index < -0.39 is 10.8 Å². The molecule has 1 heteroatoms. The van der Waals surface area contributed by atoms with Crippen LogP contribution in [-0.4, -0.2) is 0 Å². The van der Waals surface area contributed by atoms with Gasteiger partial charge >= 0.3 is 0 Å². The van der Waals surface area contributed by atoms with Crippen LogP contribution >= 0.6 is 0 Å². The molecular formula is C66H45N. The minimum atomic E-state index is -0.552. The van der Waals surface area contributed by atoms with E-state index >= 15 is 0 Å². The van der Waals surface area contributed by atoms with Crippen LogP contribution < -0.4 is 4.90 Å². The molecule has 13 rings (SSSR count). The topological polar surface area (TPSA) is 3.24 Å². The van der Waals surface area contributed by atoms with Crippen LogP contribution in [0.25, 0.3) is 44.2 Å². The Labute approximate surface area is 392 Å². The van der Waals surface area contributed by atoms with Crippen LogP contribution in [0, 0.1) is 0 Å². The Kier molecular flexibility index (Phi) is 9.05. The normalized spacial score (nSPS) is 13.6. The zero-order valence-corrected chi connectivity index (χ0v) is 36.9. The highest BCUT2D eigenvalue weighted by molar-refractivity contribution is 5.99. The lowest BCUT2D eigenvalue weighted by molar-refractivity contribution is 0.768. The molecule has 11 aromatic rings. The molecule has 0 fully saturated rings. The number of nitrogens with zero attached hydrogens (tertiary/aromatic N) is 1. The third-order valence-electron chi connectivity index (χ3n) is 14.6. The van der Waals surface area contributed by atoms with Crippen LogP contribution in [0.15, 0.2) is 273 Å². The van der Waals surface area contributed by atoms with Gasteiger partial charge in [0, 0.05) is 16.9 Å². The maximum Gasteiger partial charge on any atom is 0.0714 e. The second-order valence-corrected chi connectivity index (χ2v) is 17.9. The molecule has 0 aromatic heterocycles. The van der Waals surface area contributed by atoms with Crippen LogP contribution in [0.5, 0.6) is 0 Å². The zero-order valence-electron chi connectivity index (χ0n) is 36.9. The van der Waals surface area contributed by atoms with Crippen molar-refractivity contribution < 1.29 is 0 Å². The van der Waals surface area contributed by atoms with E-state index in [0.717, 1.165) is 17.1 Å². The molecule has 0 atom stereocenters. The third-order valence-corrected chi connectivity index (χ3v) is 14.6. The molecule has 0 N–H and O–H groups in total. The SMILES string of the molecule is c1ccc(C2(c3ccccc3)c3ccccc3-c3ccc(N(c4cccc(-c5ccc6ccccc6c5)c4)c4cccc5c4-c4ccccc4C5(c4ccccc4)c4ccccc4)cc32)cc1. The van der Waals surface area contributed by atoms with E-state index in [1.165, 1.54) is 88.7 Å². The number of hydrogen-bond acceptors (Lipinski definition) is 1. The Morgan fingerprint density at radius 1 is 0.254 bits per heavy atom. The first-order valence-corrected chi connectivity index (χ1v) is 23.3. The molecular weight excluding hydrogens is 807 g/mol. The van der Waals surface area contributed by atoms with E-state index in [9.17, 15) is 0 Å². The predicted octanol–water partition coefficient (Wildman–Crippen LogP) is 16.7. The van der Waals surface area contributed by atoms with E-state index in [2.05, 4.69) is 278 Å². The fraction of sp³-hybridized carbons (Fsp3) is 0.0303. The molecule has 67 heavy (non-hydrogen) atoms. The van der Waals surface area contributed by atoms with E-state index in [-0.39, 0.29) is 0 Å². The first-order chi connectivity index (χ1) is 33.2. The summed E-state index contributed by atoms with van der Waals surface area (Å²) in [6.07, 6.45) is 0. The highest BCUT2D eigenvalue weighted by atomic mass is 15.1. The van der Waals surface area contributed by atoms with Crippen LogP contribution in [0.3, 0.4) is 0 Å². The number of fused-ring (bicyclic) bond motifs is 7. The Bertz CT molecular complexity index is 3550. The van der Waals surface area contributed by atoms with Crippen molar-refractivity contribution in [2.24, 2.45) is 0 Å². The highest BCUT2D eigenvalue weighted by Gasteiger charge is 2.49. The fourth-order valence-corrected chi connectivity index (χ4v) is 11.9. The maximum atomic E-state index is 2.54. The lowest BCUT2D eigenvalue weighted by atomic mass is 9.67. The van der Waals surface area contributed by atoms with Crippen molar-refractivity contribution in [2.45, 2.75) is 10.8 Å². The van der Waals surface area contributed by atoms with Crippen LogP contribution in [0.1, 0.15) is 44.5 Å². The van der Waals surface area contributed by atoms with Gasteiger partial charge in [-0.05, 0) is 119 Å². The minimum Gasteiger partial charge on any atom is -0.310 e. The summed E-state index contributed by atoms with van der Waals surface area (Å²) in [4.78, 5) is 2.54. The smallest absolute Gasteiger partial charge is 0.0714 e. The molecule has 11 aromatic carbocycles. The van der Waals surface area contributed by atoms with Crippen molar-refractivity contribution in [3.8, 4) is 33.4 Å². The van der Waals surface area contributed by atoms with Gasteiger partial charge in [-0.1, -0.05) is 237 Å². The first kappa shape index (κ1) is 38.9. The molecule has 2 aliphatic rings.